The van der Waals surface area contributed by atoms with Crippen LogP contribution in [0.5, 0.6) is 0 Å². The molecular weight excluding hydrogens is 194 g/mol. The van der Waals surface area contributed by atoms with E-state index in [1.807, 2.05) is 26.0 Å². The molecule has 1 nitrogen and oxygen atoms in total. The van der Waals surface area contributed by atoms with Crippen LogP contribution in [0.3, 0.4) is 0 Å². The van der Waals surface area contributed by atoms with Crippen LogP contribution in [0.25, 0.3) is 0 Å². The maximum Gasteiger partial charge on any atom is 0.0660 e. The zero-order valence-corrected chi connectivity index (χ0v) is 9.23. The fourth-order valence-corrected chi connectivity index (χ4v) is 1.28. The molecular formula is C12H14ClN. The van der Waals surface area contributed by atoms with Crippen molar-refractivity contribution in [3.05, 3.63) is 34.3 Å². The lowest BCUT2D eigenvalue weighted by Gasteiger charge is -2.08. The van der Waals surface area contributed by atoms with Crippen molar-refractivity contribution in [2.45, 2.75) is 26.4 Å². The highest BCUT2D eigenvalue weighted by Crippen LogP contribution is 2.16. The first-order valence-electron chi connectivity index (χ1n) is 4.58. The Morgan fingerprint density at radius 3 is 2.86 bits per heavy atom. The van der Waals surface area contributed by atoms with Crippen molar-refractivity contribution in [1.82, 2.24) is 5.32 Å². The Labute approximate surface area is 90.5 Å². The van der Waals surface area contributed by atoms with Gasteiger partial charge in [-0.25, -0.2) is 0 Å². The predicted molar refractivity (Wildman–Crippen MR) is 61.3 cm³/mol. The van der Waals surface area contributed by atoms with E-state index in [2.05, 4.69) is 17.3 Å². The highest BCUT2D eigenvalue weighted by atomic mass is 35.5. The average molecular weight is 208 g/mol. The molecule has 0 bridgehead atoms. The second kappa shape index (κ2) is 5.05. The van der Waals surface area contributed by atoms with E-state index in [4.69, 9.17) is 18.0 Å². The van der Waals surface area contributed by atoms with Crippen molar-refractivity contribution in [1.29, 1.82) is 0 Å². The highest BCUT2D eigenvalue weighted by Gasteiger charge is 1.99. The van der Waals surface area contributed by atoms with Crippen LogP contribution in [0, 0.1) is 19.3 Å². The molecule has 0 spiro atoms. The Morgan fingerprint density at radius 1 is 1.57 bits per heavy atom. The highest BCUT2D eigenvalue weighted by molar-refractivity contribution is 6.31. The maximum atomic E-state index is 5.99. The lowest BCUT2D eigenvalue weighted by molar-refractivity contribution is 0.648. The molecule has 0 aliphatic rings. The standard InChI is InChI=1S/C12H14ClN/c1-4-10(3)14-8-11-6-5-9(2)12(13)7-11/h1,5-7,10,14H,8H2,2-3H3. The maximum absolute atomic E-state index is 5.99. The SMILES string of the molecule is C#CC(C)NCc1ccc(C)c(Cl)c1. The quantitative estimate of drug-likeness (QED) is 0.752. The molecule has 1 N–H and O–H groups in total. The van der Waals surface area contributed by atoms with Crippen molar-refractivity contribution in [2.75, 3.05) is 0 Å². The van der Waals surface area contributed by atoms with E-state index in [0.717, 1.165) is 22.7 Å². The topological polar surface area (TPSA) is 12.0 Å². The summed E-state index contributed by atoms with van der Waals surface area (Å²) in [5, 5.41) is 4.00. The fraction of sp³-hybridized carbons (Fsp3) is 0.333. The van der Waals surface area contributed by atoms with Gasteiger partial charge in [-0.1, -0.05) is 29.7 Å². The molecule has 0 radical (unpaired) electrons. The lowest BCUT2D eigenvalue weighted by Crippen LogP contribution is -2.23. The summed E-state index contributed by atoms with van der Waals surface area (Å²) in [4.78, 5) is 0. The van der Waals surface area contributed by atoms with Crippen LogP contribution in [0.4, 0.5) is 0 Å². The van der Waals surface area contributed by atoms with E-state index in [-0.39, 0.29) is 6.04 Å². The summed E-state index contributed by atoms with van der Waals surface area (Å²) in [6.45, 7) is 4.70. The van der Waals surface area contributed by atoms with Crippen LogP contribution in [-0.4, -0.2) is 6.04 Å². The van der Waals surface area contributed by atoms with Crippen LogP contribution < -0.4 is 5.32 Å². The minimum absolute atomic E-state index is 0.0927. The number of hydrogen-bond acceptors (Lipinski definition) is 1. The van der Waals surface area contributed by atoms with Gasteiger partial charge in [0, 0.05) is 11.6 Å². The first kappa shape index (κ1) is 11.1. The van der Waals surface area contributed by atoms with Crippen LogP contribution >= 0.6 is 11.6 Å². The van der Waals surface area contributed by atoms with E-state index in [1.54, 1.807) is 0 Å². The van der Waals surface area contributed by atoms with Crippen molar-refractivity contribution >= 4 is 11.6 Å². The Balaban J connectivity index is 2.61. The molecule has 0 saturated carbocycles. The van der Waals surface area contributed by atoms with Gasteiger partial charge in [0.2, 0.25) is 0 Å². The number of aryl methyl sites for hydroxylation is 1. The van der Waals surface area contributed by atoms with Gasteiger partial charge in [0.15, 0.2) is 0 Å². The third kappa shape index (κ3) is 3.06. The molecule has 0 aliphatic carbocycles. The van der Waals surface area contributed by atoms with Gasteiger partial charge in [-0.3, -0.25) is 5.32 Å². The van der Waals surface area contributed by atoms with Gasteiger partial charge in [0.25, 0.3) is 0 Å². The number of halogens is 1. The van der Waals surface area contributed by atoms with Gasteiger partial charge in [0.05, 0.1) is 6.04 Å². The molecule has 0 aromatic heterocycles. The molecule has 74 valence electrons. The summed E-state index contributed by atoms with van der Waals surface area (Å²) < 4.78 is 0. The molecule has 1 atom stereocenters. The monoisotopic (exact) mass is 207 g/mol. The molecule has 0 fully saturated rings. The summed E-state index contributed by atoms with van der Waals surface area (Å²) in [5.41, 5.74) is 2.25. The number of rotatable bonds is 3. The van der Waals surface area contributed by atoms with Crippen LogP contribution in [0.1, 0.15) is 18.1 Å². The third-order valence-electron chi connectivity index (χ3n) is 2.10. The van der Waals surface area contributed by atoms with Gasteiger partial charge in [-0.15, -0.1) is 6.42 Å². The van der Waals surface area contributed by atoms with Crippen LogP contribution in [0.2, 0.25) is 5.02 Å². The van der Waals surface area contributed by atoms with Gasteiger partial charge in [-0.05, 0) is 31.0 Å². The summed E-state index contributed by atoms with van der Waals surface area (Å²) in [6, 6.07) is 6.12. The zero-order valence-electron chi connectivity index (χ0n) is 8.47. The van der Waals surface area contributed by atoms with E-state index in [9.17, 15) is 0 Å². The lowest BCUT2D eigenvalue weighted by atomic mass is 10.1. The number of benzene rings is 1. The first-order chi connectivity index (χ1) is 6.63. The van der Waals surface area contributed by atoms with E-state index in [1.165, 1.54) is 0 Å². The van der Waals surface area contributed by atoms with Crippen LogP contribution in [-0.2, 0) is 6.54 Å². The molecule has 1 aromatic carbocycles. The smallest absolute Gasteiger partial charge is 0.0660 e. The molecule has 2 heteroatoms. The van der Waals surface area contributed by atoms with Crippen molar-refractivity contribution in [3.8, 4) is 12.3 Å². The van der Waals surface area contributed by atoms with Crippen molar-refractivity contribution in [2.24, 2.45) is 0 Å². The molecule has 0 heterocycles. The van der Waals surface area contributed by atoms with E-state index in [0.29, 0.717) is 0 Å². The molecule has 14 heavy (non-hydrogen) atoms. The minimum Gasteiger partial charge on any atom is -0.300 e. The largest absolute Gasteiger partial charge is 0.300 e. The Morgan fingerprint density at radius 2 is 2.29 bits per heavy atom. The average Bonchev–Trinajstić information content (AvgIpc) is 2.19. The molecule has 1 aromatic rings. The third-order valence-corrected chi connectivity index (χ3v) is 2.51. The fourth-order valence-electron chi connectivity index (χ4n) is 1.08. The zero-order chi connectivity index (χ0) is 10.6. The van der Waals surface area contributed by atoms with Gasteiger partial charge < -0.3 is 0 Å². The van der Waals surface area contributed by atoms with E-state index >= 15 is 0 Å². The van der Waals surface area contributed by atoms with Crippen LogP contribution in [0.15, 0.2) is 18.2 Å². The van der Waals surface area contributed by atoms with Gasteiger partial charge in [-0.2, -0.15) is 0 Å². The Bertz CT molecular complexity index is 352. The Hall–Kier alpha value is -0.970. The summed E-state index contributed by atoms with van der Waals surface area (Å²) in [6.07, 6.45) is 5.25. The van der Waals surface area contributed by atoms with Crippen molar-refractivity contribution < 1.29 is 0 Å². The molecule has 1 rings (SSSR count). The van der Waals surface area contributed by atoms with E-state index < -0.39 is 0 Å². The van der Waals surface area contributed by atoms with Gasteiger partial charge in [0.1, 0.15) is 0 Å². The minimum atomic E-state index is 0.0927. The molecule has 0 amide bonds. The summed E-state index contributed by atoms with van der Waals surface area (Å²) >= 11 is 5.99. The van der Waals surface area contributed by atoms with Gasteiger partial charge >= 0.3 is 0 Å². The summed E-state index contributed by atoms with van der Waals surface area (Å²) in [5.74, 6) is 2.62. The number of terminal acetylenes is 1. The Kier molecular flexibility index (Phi) is 4.00. The van der Waals surface area contributed by atoms with Crippen molar-refractivity contribution in [3.63, 3.8) is 0 Å². The predicted octanol–water partition coefficient (Wildman–Crippen LogP) is 2.76. The number of nitrogens with one attached hydrogen (secondary N) is 1. The second-order valence-electron chi connectivity index (χ2n) is 3.35. The molecule has 0 aliphatic heterocycles. The molecule has 0 saturated heterocycles. The second-order valence-corrected chi connectivity index (χ2v) is 3.76. The normalized spacial score (nSPS) is 12.1. The molecule has 1 unspecified atom stereocenters. The first-order valence-corrected chi connectivity index (χ1v) is 4.96. The summed E-state index contributed by atoms with van der Waals surface area (Å²) in [7, 11) is 0. The number of hydrogen-bond donors (Lipinski definition) is 1.